The summed E-state index contributed by atoms with van der Waals surface area (Å²) in [7, 11) is -3.59. The maximum Gasteiger partial charge on any atom is 0.304 e. The van der Waals surface area contributed by atoms with Crippen LogP contribution in [0.4, 0.5) is 11.4 Å². The number of hydrogen-bond donors (Lipinski definition) is 3. The molecule has 0 aromatic heterocycles. The van der Waals surface area contributed by atoms with Crippen LogP contribution >= 0.6 is 0 Å². The standard InChI is InChI=1S/C20H23N3O4S/c1-14(21)19(12-20(24)25)15(2)22-17-9-6-10-18(11-17)23-28(26,27)13-16-7-4-3-5-8-16/h3-11,19,21,23H,12-13H2,1-2H3,(H,24,25). The summed E-state index contributed by atoms with van der Waals surface area (Å²) in [6.07, 6.45) is -0.214. The quantitative estimate of drug-likeness (QED) is 0.553. The molecule has 2 rings (SSSR count). The Morgan fingerprint density at radius 2 is 1.82 bits per heavy atom. The maximum atomic E-state index is 12.4. The third-order valence-corrected chi connectivity index (χ3v) is 5.29. The van der Waals surface area contributed by atoms with Crippen LogP contribution in [-0.2, 0) is 20.6 Å². The summed E-state index contributed by atoms with van der Waals surface area (Å²) in [5.74, 6) is -1.75. The number of aliphatic imine (C=N–C) groups is 1. The number of carboxylic acid groups (broad SMARTS) is 1. The third kappa shape index (κ3) is 6.62. The summed E-state index contributed by atoms with van der Waals surface area (Å²) in [6, 6.07) is 15.4. The molecule has 0 saturated heterocycles. The lowest BCUT2D eigenvalue weighted by molar-refractivity contribution is -0.137. The summed E-state index contributed by atoms with van der Waals surface area (Å²) in [6.45, 7) is 3.21. The first-order valence-corrected chi connectivity index (χ1v) is 10.3. The topological polar surface area (TPSA) is 120 Å². The molecular weight excluding hydrogens is 378 g/mol. The molecule has 148 valence electrons. The van der Waals surface area contributed by atoms with E-state index in [0.717, 1.165) is 0 Å². The number of aliphatic carboxylic acids is 1. The summed E-state index contributed by atoms with van der Waals surface area (Å²) < 4.78 is 27.3. The average molecular weight is 401 g/mol. The van der Waals surface area contributed by atoms with Gasteiger partial charge < -0.3 is 10.5 Å². The second-order valence-electron chi connectivity index (χ2n) is 6.48. The minimum atomic E-state index is -3.59. The van der Waals surface area contributed by atoms with Crippen molar-refractivity contribution in [3.63, 3.8) is 0 Å². The number of nitrogens with one attached hydrogen (secondary N) is 2. The predicted octanol–water partition coefficient (Wildman–Crippen LogP) is 3.85. The van der Waals surface area contributed by atoms with Crippen LogP contribution in [0.15, 0.2) is 59.6 Å². The summed E-state index contributed by atoms with van der Waals surface area (Å²) in [5.41, 5.74) is 2.22. The van der Waals surface area contributed by atoms with E-state index in [2.05, 4.69) is 9.71 Å². The van der Waals surface area contributed by atoms with Crippen molar-refractivity contribution in [3.05, 3.63) is 60.2 Å². The van der Waals surface area contributed by atoms with Crippen LogP contribution in [0.1, 0.15) is 25.8 Å². The highest BCUT2D eigenvalue weighted by Crippen LogP contribution is 2.22. The van der Waals surface area contributed by atoms with Crippen molar-refractivity contribution >= 4 is 38.8 Å². The van der Waals surface area contributed by atoms with Gasteiger partial charge in [0, 0.05) is 17.3 Å². The van der Waals surface area contributed by atoms with Crippen molar-refractivity contribution in [1.82, 2.24) is 0 Å². The highest BCUT2D eigenvalue weighted by Gasteiger charge is 2.19. The van der Waals surface area contributed by atoms with Gasteiger partial charge in [0.25, 0.3) is 0 Å². The van der Waals surface area contributed by atoms with Crippen molar-refractivity contribution in [2.75, 3.05) is 4.72 Å². The van der Waals surface area contributed by atoms with Crippen molar-refractivity contribution in [2.45, 2.75) is 26.0 Å². The Morgan fingerprint density at radius 1 is 1.14 bits per heavy atom. The van der Waals surface area contributed by atoms with Crippen molar-refractivity contribution in [3.8, 4) is 0 Å². The Morgan fingerprint density at radius 3 is 2.43 bits per heavy atom. The van der Waals surface area contributed by atoms with E-state index in [1.165, 1.54) is 0 Å². The highest BCUT2D eigenvalue weighted by molar-refractivity contribution is 7.91. The van der Waals surface area contributed by atoms with E-state index in [4.69, 9.17) is 10.5 Å². The summed E-state index contributed by atoms with van der Waals surface area (Å²) in [4.78, 5) is 15.4. The smallest absolute Gasteiger partial charge is 0.304 e. The van der Waals surface area contributed by atoms with E-state index in [1.54, 1.807) is 62.4 Å². The molecule has 0 radical (unpaired) electrons. The van der Waals surface area contributed by atoms with Gasteiger partial charge in [-0.25, -0.2) is 8.42 Å². The van der Waals surface area contributed by atoms with Crippen molar-refractivity contribution in [1.29, 1.82) is 5.41 Å². The van der Waals surface area contributed by atoms with E-state index in [-0.39, 0.29) is 17.9 Å². The van der Waals surface area contributed by atoms with Gasteiger partial charge in [0.15, 0.2) is 0 Å². The number of anilines is 1. The van der Waals surface area contributed by atoms with E-state index in [9.17, 15) is 13.2 Å². The molecule has 0 spiro atoms. The molecule has 0 aliphatic heterocycles. The van der Waals surface area contributed by atoms with Crippen LogP contribution < -0.4 is 4.72 Å². The number of nitrogens with zero attached hydrogens (tertiary/aromatic N) is 1. The monoisotopic (exact) mass is 401 g/mol. The minimum absolute atomic E-state index is 0.145. The molecule has 0 heterocycles. The normalized spacial score (nSPS) is 13.0. The molecule has 3 N–H and O–H groups in total. The highest BCUT2D eigenvalue weighted by atomic mass is 32.2. The van der Waals surface area contributed by atoms with Gasteiger partial charge in [-0.1, -0.05) is 36.4 Å². The van der Waals surface area contributed by atoms with E-state index < -0.39 is 21.9 Å². The van der Waals surface area contributed by atoms with E-state index in [1.807, 2.05) is 6.07 Å². The minimum Gasteiger partial charge on any atom is -0.481 e. The molecule has 0 aliphatic rings. The molecule has 7 nitrogen and oxygen atoms in total. The number of carboxylic acids is 1. The van der Waals surface area contributed by atoms with Gasteiger partial charge in [-0.3, -0.25) is 14.5 Å². The molecular formula is C20H23N3O4S. The Labute approximate surface area is 164 Å². The van der Waals surface area contributed by atoms with Gasteiger partial charge >= 0.3 is 5.97 Å². The molecule has 0 fully saturated rings. The number of sulfonamides is 1. The van der Waals surface area contributed by atoms with Crippen LogP contribution in [-0.4, -0.2) is 30.9 Å². The van der Waals surface area contributed by atoms with Crippen LogP contribution in [0.3, 0.4) is 0 Å². The van der Waals surface area contributed by atoms with Crippen molar-refractivity contribution < 1.29 is 18.3 Å². The van der Waals surface area contributed by atoms with E-state index >= 15 is 0 Å². The van der Waals surface area contributed by atoms with Crippen LogP contribution in [0, 0.1) is 11.3 Å². The average Bonchev–Trinajstić information content (AvgIpc) is 2.59. The lowest BCUT2D eigenvalue weighted by Crippen LogP contribution is -2.22. The van der Waals surface area contributed by atoms with Gasteiger partial charge in [-0.15, -0.1) is 0 Å². The zero-order valence-electron chi connectivity index (χ0n) is 15.7. The molecule has 1 atom stereocenters. The number of rotatable bonds is 9. The SMILES string of the molecule is CC(=N)C(CC(=O)O)C(C)=Nc1cccc(NS(=O)(=O)Cc2ccccc2)c1. The molecule has 2 aromatic carbocycles. The fraction of sp³-hybridized carbons (Fsp3) is 0.250. The molecule has 28 heavy (non-hydrogen) atoms. The summed E-state index contributed by atoms with van der Waals surface area (Å²) >= 11 is 0. The Bertz CT molecular complexity index is 986. The van der Waals surface area contributed by atoms with Crippen molar-refractivity contribution in [2.24, 2.45) is 10.9 Å². The van der Waals surface area contributed by atoms with Gasteiger partial charge in [-0.05, 0) is 37.6 Å². The predicted molar refractivity (Wildman–Crippen MR) is 111 cm³/mol. The second-order valence-corrected chi connectivity index (χ2v) is 8.21. The van der Waals surface area contributed by atoms with Gasteiger partial charge in [0.2, 0.25) is 10.0 Å². The lowest BCUT2D eigenvalue weighted by Gasteiger charge is -2.14. The maximum absolute atomic E-state index is 12.4. The molecule has 0 aliphatic carbocycles. The molecule has 0 bridgehead atoms. The second kappa shape index (κ2) is 9.27. The lowest BCUT2D eigenvalue weighted by atomic mass is 9.95. The zero-order valence-corrected chi connectivity index (χ0v) is 16.5. The van der Waals surface area contributed by atoms with Crippen LogP contribution in [0.5, 0.6) is 0 Å². The third-order valence-electron chi connectivity index (χ3n) is 4.03. The van der Waals surface area contributed by atoms with Crippen LogP contribution in [0.25, 0.3) is 0 Å². The molecule has 8 heteroatoms. The number of benzene rings is 2. The number of carbonyl (C=O) groups is 1. The molecule has 1 unspecified atom stereocenters. The first-order chi connectivity index (χ1) is 13.2. The Hall–Kier alpha value is -3.00. The fourth-order valence-corrected chi connectivity index (χ4v) is 3.91. The first kappa shape index (κ1) is 21.3. The Kier molecular flexibility index (Phi) is 7.06. The first-order valence-electron chi connectivity index (χ1n) is 8.63. The van der Waals surface area contributed by atoms with E-state index in [0.29, 0.717) is 22.6 Å². The van der Waals surface area contributed by atoms with Gasteiger partial charge in [0.1, 0.15) is 0 Å². The van der Waals surface area contributed by atoms with Crippen LogP contribution in [0.2, 0.25) is 0 Å². The number of hydrogen-bond acceptors (Lipinski definition) is 5. The zero-order chi connectivity index (χ0) is 20.7. The summed E-state index contributed by atoms with van der Waals surface area (Å²) in [5, 5.41) is 16.8. The van der Waals surface area contributed by atoms with Gasteiger partial charge in [-0.2, -0.15) is 0 Å². The fourth-order valence-electron chi connectivity index (χ4n) is 2.72. The van der Waals surface area contributed by atoms with Gasteiger partial charge in [0.05, 0.1) is 23.5 Å². The molecule has 0 saturated carbocycles. The molecule has 2 aromatic rings. The largest absolute Gasteiger partial charge is 0.481 e. The molecule has 0 amide bonds. The Balaban J connectivity index is 2.19.